The van der Waals surface area contributed by atoms with Gasteiger partial charge in [0.2, 0.25) is 0 Å². The van der Waals surface area contributed by atoms with Crippen molar-refractivity contribution in [1.29, 1.82) is 5.26 Å². The monoisotopic (exact) mass is 324 g/mol. The van der Waals surface area contributed by atoms with E-state index >= 15 is 0 Å². The van der Waals surface area contributed by atoms with Gasteiger partial charge in [0.25, 0.3) is 0 Å². The van der Waals surface area contributed by atoms with Gasteiger partial charge in [0.1, 0.15) is 12.4 Å². The van der Waals surface area contributed by atoms with Crippen molar-refractivity contribution in [3.8, 4) is 11.8 Å². The second-order valence-corrected chi connectivity index (χ2v) is 5.16. The molecule has 0 aliphatic heterocycles. The first kappa shape index (κ1) is 17.3. The SMILES string of the molecule is N#CCOCCN/N=C(\N)c1ccc(Cc2cccc(O)c2)cc1. The molecule has 0 atom stereocenters. The molecule has 2 aromatic rings. The zero-order chi connectivity index (χ0) is 17.2. The van der Waals surface area contributed by atoms with Gasteiger partial charge in [-0.2, -0.15) is 10.4 Å². The topological polar surface area (TPSA) is 104 Å². The number of benzene rings is 2. The first-order valence-electron chi connectivity index (χ1n) is 7.57. The minimum absolute atomic E-state index is 0.0710. The molecule has 6 heteroatoms. The van der Waals surface area contributed by atoms with Crippen LogP contribution in [0.4, 0.5) is 0 Å². The molecule has 6 nitrogen and oxygen atoms in total. The van der Waals surface area contributed by atoms with E-state index in [1.165, 1.54) is 0 Å². The largest absolute Gasteiger partial charge is 0.508 e. The standard InChI is InChI=1S/C18H20N4O2/c19-8-10-24-11-9-21-22-18(20)16-6-4-14(5-7-16)12-15-2-1-3-17(23)13-15/h1-7,13,21,23H,9-12H2,(H2,20,22). The summed E-state index contributed by atoms with van der Waals surface area (Å²) in [6.07, 6.45) is 0.736. The average molecular weight is 324 g/mol. The normalized spacial score (nSPS) is 11.0. The summed E-state index contributed by atoms with van der Waals surface area (Å²) in [4.78, 5) is 0. The van der Waals surface area contributed by atoms with Crippen LogP contribution in [-0.4, -0.2) is 30.7 Å². The van der Waals surface area contributed by atoms with Crippen LogP contribution in [0.2, 0.25) is 0 Å². The van der Waals surface area contributed by atoms with Crippen LogP contribution in [-0.2, 0) is 11.2 Å². The van der Waals surface area contributed by atoms with E-state index in [1.807, 2.05) is 42.5 Å². The third-order valence-electron chi connectivity index (χ3n) is 3.29. The Balaban J connectivity index is 1.87. The second kappa shape index (κ2) is 9.18. The van der Waals surface area contributed by atoms with Crippen molar-refractivity contribution < 1.29 is 9.84 Å². The van der Waals surface area contributed by atoms with Crippen molar-refractivity contribution in [2.75, 3.05) is 19.8 Å². The molecular weight excluding hydrogens is 304 g/mol. The van der Waals surface area contributed by atoms with Gasteiger partial charge in [-0.1, -0.05) is 36.4 Å². The Hall–Kier alpha value is -3.04. The Bertz CT molecular complexity index is 721. The van der Waals surface area contributed by atoms with Crippen molar-refractivity contribution in [3.63, 3.8) is 0 Å². The molecule has 0 fully saturated rings. The third-order valence-corrected chi connectivity index (χ3v) is 3.29. The van der Waals surface area contributed by atoms with Gasteiger partial charge in [0.05, 0.1) is 19.2 Å². The molecule has 4 N–H and O–H groups in total. The summed E-state index contributed by atoms with van der Waals surface area (Å²) in [5, 5.41) is 21.9. The molecule has 24 heavy (non-hydrogen) atoms. The first-order chi connectivity index (χ1) is 11.7. The predicted molar refractivity (Wildman–Crippen MR) is 92.5 cm³/mol. The molecule has 0 bridgehead atoms. The van der Waals surface area contributed by atoms with Gasteiger partial charge in [-0.3, -0.25) is 0 Å². The number of nitrogens with zero attached hydrogens (tertiary/aromatic N) is 2. The molecule has 0 aliphatic rings. The first-order valence-corrected chi connectivity index (χ1v) is 7.57. The van der Waals surface area contributed by atoms with Crippen LogP contribution >= 0.6 is 0 Å². The third kappa shape index (κ3) is 5.63. The summed E-state index contributed by atoms with van der Waals surface area (Å²) in [6.45, 7) is 0.951. The summed E-state index contributed by atoms with van der Waals surface area (Å²) < 4.78 is 5.00. The van der Waals surface area contributed by atoms with E-state index in [4.69, 9.17) is 15.7 Å². The van der Waals surface area contributed by atoms with Crippen molar-refractivity contribution in [3.05, 3.63) is 65.2 Å². The van der Waals surface area contributed by atoms with E-state index in [2.05, 4.69) is 10.5 Å². The highest BCUT2D eigenvalue weighted by atomic mass is 16.5. The highest BCUT2D eigenvalue weighted by Gasteiger charge is 2.01. The number of amidine groups is 1. The fourth-order valence-corrected chi connectivity index (χ4v) is 2.14. The number of rotatable bonds is 8. The number of nitrogens with one attached hydrogen (secondary N) is 1. The maximum Gasteiger partial charge on any atom is 0.150 e. The molecule has 2 aromatic carbocycles. The lowest BCUT2D eigenvalue weighted by molar-refractivity contribution is 0.168. The lowest BCUT2D eigenvalue weighted by Crippen LogP contribution is -2.21. The van der Waals surface area contributed by atoms with Gasteiger partial charge in [-0.05, 0) is 29.7 Å². The maximum atomic E-state index is 9.49. The number of hydrazone groups is 1. The molecule has 2 rings (SSSR count). The molecular formula is C18H20N4O2. The van der Waals surface area contributed by atoms with Gasteiger partial charge >= 0.3 is 0 Å². The molecule has 0 unspecified atom stereocenters. The molecule has 0 heterocycles. The summed E-state index contributed by atoms with van der Waals surface area (Å²) in [5.74, 6) is 0.657. The molecule has 124 valence electrons. The lowest BCUT2D eigenvalue weighted by Gasteiger charge is -2.06. The summed E-state index contributed by atoms with van der Waals surface area (Å²) >= 11 is 0. The minimum Gasteiger partial charge on any atom is -0.508 e. The van der Waals surface area contributed by atoms with Crippen LogP contribution in [0.3, 0.4) is 0 Å². The summed E-state index contributed by atoms with van der Waals surface area (Å²) in [7, 11) is 0. The van der Waals surface area contributed by atoms with Crippen molar-refractivity contribution in [1.82, 2.24) is 5.43 Å². The van der Waals surface area contributed by atoms with E-state index in [1.54, 1.807) is 12.1 Å². The number of phenols is 1. The molecule has 0 aromatic heterocycles. The predicted octanol–water partition coefficient (Wildman–Crippen LogP) is 1.73. The van der Waals surface area contributed by atoms with Crippen molar-refractivity contribution >= 4 is 5.84 Å². The number of phenolic OH excluding ortho intramolecular Hbond substituents is 1. The zero-order valence-electron chi connectivity index (χ0n) is 13.3. The van der Waals surface area contributed by atoms with Crippen LogP contribution in [0.1, 0.15) is 16.7 Å². The van der Waals surface area contributed by atoms with Crippen molar-refractivity contribution in [2.24, 2.45) is 10.8 Å². The Labute approximate surface area is 141 Å². The van der Waals surface area contributed by atoms with Crippen LogP contribution in [0.5, 0.6) is 5.75 Å². The van der Waals surface area contributed by atoms with E-state index in [0.29, 0.717) is 19.0 Å². The van der Waals surface area contributed by atoms with Gasteiger partial charge in [0, 0.05) is 5.56 Å². The fraction of sp³-hybridized carbons (Fsp3) is 0.222. The Morgan fingerprint density at radius 1 is 1.21 bits per heavy atom. The van der Waals surface area contributed by atoms with E-state index in [-0.39, 0.29) is 12.4 Å². The Morgan fingerprint density at radius 2 is 2.00 bits per heavy atom. The molecule has 0 spiro atoms. The Morgan fingerprint density at radius 3 is 2.71 bits per heavy atom. The maximum absolute atomic E-state index is 9.49. The highest BCUT2D eigenvalue weighted by molar-refractivity contribution is 5.97. The number of aromatic hydroxyl groups is 1. The smallest absolute Gasteiger partial charge is 0.150 e. The minimum atomic E-state index is 0.0710. The van der Waals surface area contributed by atoms with Gasteiger partial charge < -0.3 is 21.0 Å². The number of nitrogens with two attached hydrogens (primary N) is 1. The van der Waals surface area contributed by atoms with E-state index in [0.717, 1.165) is 23.1 Å². The average Bonchev–Trinajstić information content (AvgIpc) is 2.58. The van der Waals surface area contributed by atoms with E-state index in [9.17, 15) is 5.11 Å². The molecule has 0 saturated carbocycles. The summed E-state index contributed by atoms with van der Waals surface area (Å²) in [6, 6.07) is 16.9. The number of hydrogen-bond acceptors (Lipinski definition) is 5. The lowest BCUT2D eigenvalue weighted by atomic mass is 10.0. The second-order valence-electron chi connectivity index (χ2n) is 5.16. The molecule has 0 amide bonds. The fourth-order valence-electron chi connectivity index (χ4n) is 2.14. The molecule has 0 saturated heterocycles. The van der Waals surface area contributed by atoms with Crippen LogP contribution < -0.4 is 11.2 Å². The quantitative estimate of drug-likeness (QED) is 0.297. The number of nitriles is 1. The zero-order valence-corrected chi connectivity index (χ0v) is 13.3. The van der Waals surface area contributed by atoms with Crippen molar-refractivity contribution in [2.45, 2.75) is 6.42 Å². The Kier molecular flexibility index (Phi) is 6.62. The molecule has 0 radical (unpaired) electrons. The highest BCUT2D eigenvalue weighted by Crippen LogP contribution is 2.15. The number of hydrogen-bond donors (Lipinski definition) is 3. The number of ether oxygens (including phenoxy) is 1. The van der Waals surface area contributed by atoms with Crippen LogP contribution in [0.15, 0.2) is 53.6 Å². The van der Waals surface area contributed by atoms with E-state index < -0.39 is 0 Å². The molecule has 0 aliphatic carbocycles. The van der Waals surface area contributed by atoms with Gasteiger partial charge in [-0.25, -0.2) is 0 Å². The van der Waals surface area contributed by atoms with Gasteiger partial charge in [-0.15, -0.1) is 0 Å². The summed E-state index contributed by atoms with van der Waals surface area (Å²) in [5.41, 5.74) is 11.7. The van der Waals surface area contributed by atoms with Crippen LogP contribution in [0.25, 0.3) is 0 Å². The van der Waals surface area contributed by atoms with Crippen LogP contribution in [0, 0.1) is 11.3 Å². The van der Waals surface area contributed by atoms with Gasteiger partial charge in [0.15, 0.2) is 5.84 Å².